The highest BCUT2D eigenvalue weighted by atomic mass is 15.5. The van der Waals surface area contributed by atoms with Crippen molar-refractivity contribution in [2.24, 2.45) is 0 Å². The zero-order valence-corrected chi connectivity index (χ0v) is 50.1. The quantitative estimate of drug-likeness (QED) is 0.165. The molecule has 4 nitrogen and oxygen atoms in total. The van der Waals surface area contributed by atoms with Crippen LogP contribution in [0.4, 0.5) is 45.5 Å². The van der Waals surface area contributed by atoms with Crippen LogP contribution in [0.25, 0.3) is 22.3 Å². The zero-order valence-electron chi connectivity index (χ0n) is 50.1. The molecule has 0 bridgehead atoms. The van der Waals surface area contributed by atoms with Gasteiger partial charge >= 0.3 is 0 Å². The lowest BCUT2D eigenvalue weighted by atomic mass is 9.86. The van der Waals surface area contributed by atoms with E-state index in [4.69, 9.17) is 0 Å². The van der Waals surface area contributed by atoms with Gasteiger partial charge in [-0.05, 0) is 161 Å². The summed E-state index contributed by atoms with van der Waals surface area (Å²) in [5, 5.41) is 0. The second kappa shape index (κ2) is 19.3. The van der Waals surface area contributed by atoms with Crippen molar-refractivity contribution in [3.63, 3.8) is 0 Å². The van der Waals surface area contributed by atoms with Crippen molar-refractivity contribution < 1.29 is 0 Å². The summed E-state index contributed by atoms with van der Waals surface area (Å²) in [6.45, 7) is 41.3. The molecule has 0 unspecified atom stereocenters. The van der Waals surface area contributed by atoms with E-state index >= 15 is 0 Å². The van der Waals surface area contributed by atoms with E-state index in [0.717, 1.165) is 57.1 Å². The Morgan fingerprint density at radius 3 is 0.577 bits per heavy atom. The van der Waals surface area contributed by atoms with Crippen molar-refractivity contribution in [3.8, 4) is 22.3 Å². The van der Waals surface area contributed by atoms with Crippen LogP contribution < -0.4 is 19.6 Å². The van der Waals surface area contributed by atoms with Gasteiger partial charge in [0.2, 0.25) is 0 Å². The molecule has 2 heterocycles. The van der Waals surface area contributed by atoms with Crippen LogP contribution in [0.1, 0.15) is 158 Å². The van der Waals surface area contributed by atoms with Gasteiger partial charge in [-0.25, -0.2) is 0 Å². The van der Waals surface area contributed by atoms with E-state index < -0.39 is 0 Å². The lowest BCUT2D eigenvalue weighted by molar-refractivity contribution is 0.590. The monoisotopic (exact) mass is 1030 g/mol. The van der Waals surface area contributed by atoms with Gasteiger partial charge in [-0.1, -0.05) is 234 Å². The molecule has 4 heteroatoms. The highest BCUT2D eigenvalue weighted by Gasteiger charge is 2.45. The molecular formula is C74H84N4. The van der Waals surface area contributed by atoms with Crippen LogP contribution in [0.5, 0.6) is 0 Å². The Balaban J connectivity index is 1.34. The topological polar surface area (TPSA) is 13.0 Å². The zero-order chi connectivity index (χ0) is 56.1. The number of fused-ring (bicyclic) bond motifs is 2. The van der Waals surface area contributed by atoms with E-state index in [2.05, 4.69) is 326 Å². The summed E-state index contributed by atoms with van der Waals surface area (Å²) in [5.41, 5.74) is 21.3. The Bertz CT molecular complexity index is 3260. The van der Waals surface area contributed by atoms with Gasteiger partial charge < -0.3 is 0 Å². The van der Waals surface area contributed by atoms with Gasteiger partial charge in [0.25, 0.3) is 0 Å². The van der Waals surface area contributed by atoms with Crippen LogP contribution >= 0.6 is 0 Å². The summed E-state index contributed by atoms with van der Waals surface area (Å²) in [6, 6.07) is 70.0. The molecule has 0 N–H and O–H groups in total. The minimum Gasteiger partial charge on any atom is -0.291 e. The molecule has 0 amide bonds. The maximum atomic E-state index is 2.55. The summed E-state index contributed by atoms with van der Waals surface area (Å²) in [4.78, 5) is 10.2. The fourth-order valence-electron chi connectivity index (χ4n) is 11.0. The number of anilines is 8. The Morgan fingerprint density at radius 2 is 0.372 bits per heavy atom. The first-order valence-corrected chi connectivity index (χ1v) is 28.3. The fourth-order valence-corrected chi connectivity index (χ4v) is 11.0. The summed E-state index contributed by atoms with van der Waals surface area (Å²) >= 11 is 0. The molecular weight excluding hydrogens is 945 g/mol. The molecule has 0 spiro atoms. The number of rotatable bonds is 6. The Labute approximate surface area is 469 Å². The lowest BCUT2D eigenvalue weighted by Gasteiger charge is -2.35. The fraction of sp³-hybridized carbons (Fsp3) is 0.324. The summed E-state index contributed by atoms with van der Waals surface area (Å²) < 4.78 is 0. The molecule has 2 aliphatic rings. The second-order valence-corrected chi connectivity index (χ2v) is 28.2. The molecule has 78 heavy (non-hydrogen) atoms. The molecule has 0 saturated heterocycles. The highest BCUT2D eigenvalue weighted by Crippen LogP contribution is 2.58. The van der Waals surface area contributed by atoms with Crippen molar-refractivity contribution >= 4 is 45.5 Å². The molecule has 0 aromatic heterocycles. The maximum Gasteiger partial charge on any atom is 0.166 e. The van der Waals surface area contributed by atoms with Crippen molar-refractivity contribution in [1.29, 1.82) is 0 Å². The van der Waals surface area contributed by atoms with Gasteiger partial charge in [0, 0.05) is 22.7 Å². The smallest absolute Gasteiger partial charge is 0.166 e. The van der Waals surface area contributed by atoms with Crippen LogP contribution in [-0.2, 0) is 32.5 Å². The molecule has 0 atom stereocenters. The standard InChI is InChI=1S/C74H84N4/c1-69(2,3)53-25-19-49(20-26-53)51-23-45-63-65(47-51)77(61-41-33-57(34-42-61)73(13,14)15)67(75(63)59-37-29-55(30-38-59)71(7,8)9)68-76(60-39-31-56(32-40-60)72(10,11)12)64-46-24-52(50-21-27-54(28-22-50)70(4,5)6)48-66(64)78(68)62-43-35-58(36-44-62)74(16,17)18/h19-48H,1-18H3/b68-67+. The normalized spacial score (nSPS) is 15.3. The average molecular weight is 1030 g/mol. The number of benzene rings is 8. The summed E-state index contributed by atoms with van der Waals surface area (Å²) in [5.74, 6) is 2.06. The highest BCUT2D eigenvalue weighted by molar-refractivity contribution is 6.02. The molecule has 8 aromatic rings. The van der Waals surface area contributed by atoms with Crippen molar-refractivity contribution in [3.05, 3.63) is 227 Å². The molecule has 0 radical (unpaired) electrons. The van der Waals surface area contributed by atoms with Crippen LogP contribution in [-0.4, -0.2) is 0 Å². The van der Waals surface area contributed by atoms with Crippen molar-refractivity contribution in [2.75, 3.05) is 19.6 Å². The predicted octanol–water partition coefficient (Wildman–Crippen LogP) is 21.2. The van der Waals surface area contributed by atoms with Gasteiger partial charge in [-0.15, -0.1) is 0 Å². The van der Waals surface area contributed by atoms with Gasteiger partial charge in [0.05, 0.1) is 22.7 Å². The van der Waals surface area contributed by atoms with E-state index in [9.17, 15) is 0 Å². The Kier molecular flexibility index (Phi) is 13.3. The first-order valence-electron chi connectivity index (χ1n) is 28.3. The van der Waals surface area contributed by atoms with E-state index in [1.807, 2.05) is 0 Å². The van der Waals surface area contributed by atoms with Gasteiger partial charge in [-0.2, -0.15) is 0 Å². The molecule has 0 saturated carbocycles. The lowest BCUT2D eigenvalue weighted by Crippen LogP contribution is -2.33. The number of hydrogen-bond donors (Lipinski definition) is 0. The third-order valence-corrected chi connectivity index (χ3v) is 16.1. The molecule has 10 rings (SSSR count). The van der Waals surface area contributed by atoms with Crippen molar-refractivity contribution in [1.82, 2.24) is 0 Å². The maximum absolute atomic E-state index is 2.55. The van der Waals surface area contributed by atoms with Gasteiger partial charge in [0.15, 0.2) is 11.6 Å². The predicted molar refractivity (Wildman–Crippen MR) is 337 cm³/mol. The van der Waals surface area contributed by atoms with E-state index in [0.29, 0.717) is 0 Å². The third kappa shape index (κ3) is 10.3. The minimum absolute atomic E-state index is 0.0229. The SMILES string of the molecule is CC(C)(C)c1ccc(-c2ccc3c(c2)N(c2ccc(C(C)(C)C)cc2)/C(=C2\N(c4ccc(C(C)(C)C)cc4)c4ccc(-c5ccc(C(C)(C)C)cc5)cc4N2c2ccc(C(C)(C)C)cc2)N3c2ccc(C(C)(C)C)cc2)cc1. The Hall–Kier alpha value is -7.30. The van der Waals surface area contributed by atoms with Crippen LogP contribution in [0.2, 0.25) is 0 Å². The molecule has 8 aromatic carbocycles. The summed E-state index contributed by atoms with van der Waals surface area (Å²) in [7, 11) is 0. The number of hydrogen-bond acceptors (Lipinski definition) is 4. The first kappa shape index (κ1) is 54.1. The van der Waals surface area contributed by atoms with Crippen LogP contribution in [0.3, 0.4) is 0 Å². The van der Waals surface area contributed by atoms with Gasteiger partial charge in [0.1, 0.15) is 0 Å². The number of nitrogens with zero attached hydrogens (tertiary/aromatic N) is 4. The van der Waals surface area contributed by atoms with E-state index in [1.54, 1.807) is 0 Å². The largest absolute Gasteiger partial charge is 0.291 e. The first-order chi connectivity index (χ1) is 36.5. The molecule has 400 valence electrons. The molecule has 0 aliphatic carbocycles. The van der Waals surface area contributed by atoms with E-state index in [1.165, 1.54) is 55.6 Å². The third-order valence-electron chi connectivity index (χ3n) is 16.1. The molecule has 2 aliphatic heterocycles. The van der Waals surface area contributed by atoms with Crippen molar-refractivity contribution in [2.45, 2.75) is 157 Å². The second-order valence-electron chi connectivity index (χ2n) is 28.2. The minimum atomic E-state index is -0.0279. The molecule has 0 fully saturated rings. The van der Waals surface area contributed by atoms with Crippen LogP contribution in [0.15, 0.2) is 194 Å². The average Bonchev–Trinajstić information content (AvgIpc) is 4.08. The van der Waals surface area contributed by atoms with Gasteiger partial charge in [-0.3, -0.25) is 19.6 Å². The van der Waals surface area contributed by atoms with Crippen LogP contribution in [0, 0.1) is 0 Å². The Morgan fingerprint density at radius 1 is 0.192 bits per heavy atom. The summed E-state index contributed by atoms with van der Waals surface area (Å²) in [6.07, 6.45) is 0. The van der Waals surface area contributed by atoms with E-state index in [-0.39, 0.29) is 32.5 Å².